The minimum atomic E-state index is 1.07. The normalized spacial score (nSPS) is 10.4. The van der Waals surface area contributed by atoms with E-state index in [2.05, 4.69) is 43.1 Å². The Morgan fingerprint density at radius 3 is 2.50 bits per heavy atom. The molecular weight excluding hydrogens is 190 g/mol. The molecule has 1 aromatic carbocycles. The quantitative estimate of drug-likeness (QED) is 0.725. The predicted octanol–water partition coefficient (Wildman–Crippen LogP) is 3.68. The van der Waals surface area contributed by atoms with Crippen LogP contribution in [0.1, 0.15) is 17.4 Å². The molecule has 2 heteroatoms. The van der Waals surface area contributed by atoms with Gasteiger partial charge in [-0.25, -0.2) is 4.98 Å². The molecule has 0 saturated carbocycles. The molecular formula is C12H13NS. The average Bonchev–Trinajstić information content (AvgIpc) is 2.67. The Kier molecular flexibility index (Phi) is 2.64. The molecule has 0 amide bonds. The molecule has 0 aliphatic carbocycles. The second-order valence-corrected chi connectivity index (χ2v) is 4.47. The van der Waals surface area contributed by atoms with Gasteiger partial charge >= 0.3 is 0 Å². The van der Waals surface area contributed by atoms with Gasteiger partial charge < -0.3 is 0 Å². The van der Waals surface area contributed by atoms with Crippen molar-refractivity contribution in [2.45, 2.75) is 20.3 Å². The van der Waals surface area contributed by atoms with Gasteiger partial charge in [0.2, 0.25) is 0 Å². The van der Waals surface area contributed by atoms with Crippen LogP contribution in [0.2, 0.25) is 0 Å². The van der Waals surface area contributed by atoms with Crippen LogP contribution in [0.4, 0.5) is 0 Å². The van der Waals surface area contributed by atoms with E-state index < -0.39 is 0 Å². The van der Waals surface area contributed by atoms with Gasteiger partial charge in [0.15, 0.2) is 0 Å². The summed E-state index contributed by atoms with van der Waals surface area (Å²) in [5, 5.41) is 1.13. The maximum atomic E-state index is 4.41. The van der Waals surface area contributed by atoms with Gasteiger partial charge in [0.05, 0.1) is 0 Å². The first kappa shape index (κ1) is 9.41. The summed E-state index contributed by atoms with van der Waals surface area (Å²) in [7, 11) is 0. The van der Waals surface area contributed by atoms with Gasteiger partial charge in [0.1, 0.15) is 5.01 Å². The number of thiazole rings is 1. The smallest absolute Gasteiger partial charge is 0.123 e. The largest absolute Gasteiger partial charge is 0.244 e. The Morgan fingerprint density at radius 2 is 1.93 bits per heavy atom. The number of rotatable bonds is 2. The molecule has 0 spiro atoms. The molecule has 2 rings (SSSR count). The van der Waals surface area contributed by atoms with Crippen LogP contribution in [-0.2, 0) is 6.42 Å². The SMILES string of the molecule is CCc1cnc(-c2ccc(C)cc2)s1. The van der Waals surface area contributed by atoms with Gasteiger partial charge in [-0.2, -0.15) is 0 Å². The molecule has 0 atom stereocenters. The highest BCUT2D eigenvalue weighted by atomic mass is 32.1. The summed E-state index contributed by atoms with van der Waals surface area (Å²) >= 11 is 1.78. The molecule has 0 radical (unpaired) electrons. The van der Waals surface area contributed by atoms with Crippen molar-refractivity contribution in [1.82, 2.24) is 4.98 Å². The Bertz CT molecular complexity index is 414. The standard InChI is InChI=1S/C12H13NS/c1-3-11-8-13-12(14-11)10-6-4-9(2)5-7-10/h4-8H,3H2,1-2H3. The van der Waals surface area contributed by atoms with Gasteiger partial charge in [-0.3, -0.25) is 0 Å². The number of benzene rings is 1. The van der Waals surface area contributed by atoms with Crippen molar-refractivity contribution in [3.8, 4) is 10.6 Å². The van der Waals surface area contributed by atoms with E-state index in [-0.39, 0.29) is 0 Å². The van der Waals surface area contributed by atoms with E-state index in [0.29, 0.717) is 0 Å². The maximum absolute atomic E-state index is 4.41. The van der Waals surface area contributed by atoms with Crippen LogP contribution in [0.3, 0.4) is 0 Å². The lowest BCUT2D eigenvalue weighted by Crippen LogP contribution is -1.75. The van der Waals surface area contributed by atoms with Crippen molar-refractivity contribution < 1.29 is 0 Å². The fraction of sp³-hybridized carbons (Fsp3) is 0.250. The van der Waals surface area contributed by atoms with E-state index in [1.54, 1.807) is 11.3 Å². The van der Waals surface area contributed by atoms with Crippen LogP contribution in [0.15, 0.2) is 30.5 Å². The fourth-order valence-corrected chi connectivity index (χ4v) is 2.16. The molecule has 1 nitrogen and oxygen atoms in total. The van der Waals surface area contributed by atoms with E-state index in [1.165, 1.54) is 16.0 Å². The van der Waals surface area contributed by atoms with Crippen molar-refractivity contribution in [3.63, 3.8) is 0 Å². The summed E-state index contributed by atoms with van der Waals surface area (Å²) in [4.78, 5) is 5.75. The Balaban J connectivity index is 2.34. The molecule has 2 aromatic rings. The lowest BCUT2D eigenvalue weighted by molar-refractivity contribution is 1.17. The zero-order valence-electron chi connectivity index (χ0n) is 8.45. The predicted molar refractivity (Wildman–Crippen MR) is 61.7 cm³/mol. The van der Waals surface area contributed by atoms with Crippen molar-refractivity contribution in [3.05, 3.63) is 40.9 Å². The number of aromatic nitrogens is 1. The van der Waals surface area contributed by atoms with E-state index in [9.17, 15) is 0 Å². The van der Waals surface area contributed by atoms with Crippen molar-refractivity contribution in [1.29, 1.82) is 0 Å². The zero-order chi connectivity index (χ0) is 9.97. The molecule has 0 bridgehead atoms. The van der Waals surface area contributed by atoms with Crippen LogP contribution >= 0.6 is 11.3 Å². The maximum Gasteiger partial charge on any atom is 0.123 e. The summed E-state index contributed by atoms with van der Waals surface area (Å²) in [6.07, 6.45) is 3.05. The van der Waals surface area contributed by atoms with Gasteiger partial charge in [0.25, 0.3) is 0 Å². The van der Waals surface area contributed by atoms with E-state index in [4.69, 9.17) is 0 Å². The molecule has 0 aliphatic heterocycles. The third kappa shape index (κ3) is 1.85. The Hall–Kier alpha value is -1.15. The fourth-order valence-electron chi connectivity index (χ4n) is 1.30. The third-order valence-corrected chi connectivity index (χ3v) is 3.39. The van der Waals surface area contributed by atoms with Crippen LogP contribution in [0.25, 0.3) is 10.6 Å². The molecule has 14 heavy (non-hydrogen) atoms. The zero-order valence-corrected chi connectivity index (χ0v) is 9.27. The van der Waals surface area contributed by atoms with Crippen molar-refractivity contribution in [2.24, 2.45) is 0 Å². The number of nitrogens with zero attached hydrogens (tertiary/aromatic N) is 1. The topological polar surface area (TPSA) is 12.9 Å². The van der Waals surface area contributed by atoms with E-state index >= 15 is 0 Å². The van der Waals surface area contributed by atoms with E-state index in [0.717, 1.165) is 11.4 Å². The molecule has 0 N–H and O–H groups in total. The second kappa shape index (κ2) is 3.93. The summed E-state index contributed by atoms with van der Waals surface area (Å²) in [6.45, 7) is 4.26. The summed E-state index contributed by atoms with van der Waals surface area (Å²) < 4.78 is 0. The first-order chi connectivity index (χ1) is 6.79. The average molecular weight is 203 g/mol. The van der Waals surface area contributed by atoms with Crippen LogP contribution < -0.4 is 0 Å². The van der Waals surface area contributed by atoms with Crippen LogP contribution in [0.5, 0.6) is 0 Å². The third-order valence-electron chi connectivity index (χ3n) is 2.20. The summed E-state index contributed by atoms with van der Waals surface area (Å²) in [5.74, 6) is 0. The highest BCUT2D eigenvalue weighted by molar-refractivity contribution is 7.15. The summed E-state index contributed by atoms with van der Waals surface area (Å²) in [5.41, 5.74) is 2.52. The van der Waals surface area contributed by atoms with E-state index in [1.807, 2.05) is 6.20 Å². The minimum Gasteiger partial charge on any atom is -0.244 e. The van der Waals surface area contributed by atoms with Gasteiger partial charge in [-0.05, 0) is 13.3 Å². The van der Waals surface area contributed by atoms with Gasteiger partial charge in [-0.15, -0.1) is 11.3 Å². The lowest BCUT2D eigenvalue weighted by Gasteiger charge is -1.96. The van der Waals surface area contributed by atoms with Crippen molar-refractivity contribution in [2.75, 3.05) is 0 Å². The Labute approximate surface area is 88.4 Å². The highest BCUT2D eigenvalue weighted by Gasteiger charge is 2.02. The molecule has 1 aromatic heterocycles. The highest BCUT2D eigenvalue weighted by Crippen LogP contribution is 2.25. The minimum absolute atomic E-state index is 1.07. The number of hydrogen-bond donors (Lipinski definition) is 0. The molecule has 72 valence electrons. The van der Waals surface area contributed by atoms with Gasteiger partial charge in [0, 0.05) is 16.6 Å². The monoisotopic (exact) mass is 203 g/mol. The Morgan fingerprint density at radius 1 is 1.21 bits per heavy atom. The second-order valence-electron chi connectivity index (χ2n) is 3.35. The molecule has 0 fully saturated rings. The summed E-state index contributed by atoms with van der Waals surface area (Å²) in [6, 6.07) is 8.52. The first-order valence-electron chi connectivity index (χ1n) is 4.81. The van der Waals surface area contributed by atoms with Crippen LogP contribution in [-0.4, -0.2) is 4.98 Å². The molecule has 0 unspecified atom stereocenters. The molecule has 1 heterocycles. The number of hydrogen-bond acceptors (Lipinski definition) is 2. The van der Waals surface area contributed by atoms with Crippen molar-refractivity contribution >= 4 is 11.3 Å². The molecule has 0 saturated heterocycles. The lowest BCUT2D eigenvalue weighted by atomic mass is 10.2. The molecule has 0 aliphatic rings. The first-order valence-corrected chi connectivity index (χ1v) is 5.63. The number of aryl methyl sites for hydroxylation is 2. The van der Waals surface area contributed by atoms with Gasteiger partial charge in [-0.1, -0.05) is 36.8 Å². The van der Waals surface area contributed by atoms with Crippen LogP contribution in [0, 0.1) is 6.92 Å².